The van der Waals surface area contributed by atoms with Crippen LogP contribution in [0.1, 0.15) is 54.5 Å². The fourth-order valence-corrected chi connectivity index (χ4v) is 4.86. The molecule has 0 aromatic heterocycles. The molecule has 3 aromatic carbocycles. The molecule has 0 unspecified atom stereocenters. The standard InChI is InChI=1S/C30H37FN2O/c1-23(2)27-14-13-26(21-24(27)3)34-30(28-11-7-8-12-29(28)31)15-16-32-17-19-33(20-18-32)22-25-9-5-4-6-10-25/h4-14,21,23,30H,15-20,22H2,1-3H3/t30-/m1/s1. The number of benzene rings is 3. The van der Waals surface area contributed by atoms with E-state index < -0.39 is 0 Å². The number of piperazine rings is 1. The zero-order valence-corrected chi connectivity index (χ0v) is 20.7. The molecule has 3 nitrogen and oxygen atoms in total. The molecule has 0 spiro atoms. The van der Waals surface area contributed by atoms with Crippen molar-refractivity contribution < 1.29 is 9.13 Å². The van der Waals surface area contributed by atoms with Crippen molar-refractivity contribution in [2.45, 2.75) is 45.8 Å². The molecule has 4 rings (SSSR count). The van der Waals surface area contributed by atoms with Crippen molar-refractivity contribution in [2.24, 2.45) is 0 Å². The smallest absolute Gasteiger partial charge is 0.130 e. The largest absolute Gasteiger partial charge is 0.486 e. The minimum atomic E-state index is -0.312. The fraction of sp³-hybridized carbons (Fsp3) is 0.400. The van der Waals surface area contributed by atoms with Crippen LogP contribution in [0, 0.1) is 12.7 Å². The highest BCUT2D eigenvalue weighted by atomic mass is 19.1. The minimum Gasteiger partial charge on any atom is -0.486 e. The first-order valence-electron chi connectivity index (χ1n) is 12.5. The van der Waals surface area contributed by atoms with Gasteiger partial charge in [-0.2, -0.15) is 0 Å². The summed E-state index contributed by atoms with van der Waals surface area (Å²) in [5.41, 5.74) is 4.54. The summed E-state index contributed by atoms with van der Waals surface area (Å²) in [6.45, 7) is 12.6. The van der Waals surface area contributed by atoms with Crippen LogP contribution in [0.5, 0.6) is 5.75 Å². The molecule has 180 valence electrons. The lowest BCUT2D eigenvalue weighted by atomic mass is 9.98. The molecule has 0 N–H and O–H groups in total. The number of rotatable bonds is 9. The van der Waals surface area contributed by atoms with Crippen molar-refractivity contribution in [3.05, 3.63) is 101 Å². The number of halogens is 1. The van der Waals surface area contributed by atoms with E-state index in [9.17, 15) is 4.39 Å². The summed E-state index contributed by atoms with van der Waals surface area (Å²) in [5, 5.41) is 0. The third-order valence-corrected chi connectivity index (χ3v) is 6.82. The van der Waals surface area contributed by atoms with Crippen LogP contribution in [-0.2, 0) is 6.54 Å². The molecule has 3 aromatic rings. The Bertz CT molecular complexity index is 1040. The highest BCUT2D eigenvalue weighted by Crippen LogP contribution is 2.30. The molecule has 1 saturated heterocycles. The van der Waals surface area contributed by atoms with Crippen LogP contribution in [0.25, 0.3) is 0 Å². The zero-order chi connectivity index (χ0) is 23.9. The quantitative estimate of drug-likeness (QED) is 0.358. The topological polar surface area (TPSA) is 15.7 Å². The van der Waals surface area contributed by atoms with Crippen molar-refractivity contribution >= 4 is 0 Å². The molecule has 1 atom stereocenters. The van der Waals surface area contributed by atoms with Crippen LogP contribution in [0.2, 0.25) is 0 Å². The van der Waals surface area contributed by atoms with E-state index in [-0.39, 0.29) is 11.9 Å². The Hall–Kier alpha value is -2.69. The maximum atomic E-state index is 14.7. The van der Waals surface area contributed by atoms with E-state index in [1.54, 1.807) is 6.07 Å². The molecule has 4 heteroatoms. The summed E-state index contributed by atoms with van der Waals surface area (Å²) < 4.78 is 21.1. The van der Waals surface area contributed by atoms with Crippen LogP contribution < -0.4 is 4.74 Å². The first-order chi connectivity index (χ1) is 16.5. The molecule has 34 heavy (non-hydrogen) atoms. The Kier molecular flexibility index (Phi) is 8.36. The van der Waals surface area contributed by atoms with Gasteiger partial charge < -0.3 is 9.64 Å². The number of hydrogen-bond donors (Lipinski definition) is 0. The lowest BCUT2D eigenvalue weighted by molar-refractivity contribution is 0.106. The number of hydrogen-bond acceptors (Lipinski definition) is 3. The van der Waals surface area contributed by atoms with Gasteiger partial charge in [-0.25, -0.2) is 4.39 Å². The van der Waals surface area contributed by atoms with Crippen molar-refractivity contribution in [1.82, 2.24) is 9.80 Å². The van der Waals surface area contributed by atoms with Crippen LogP contribution in [0.15, 0.2) is 72.8 Å². The molecule has 1 fully saturated rings. The van der Waals surface area contributed by atoms with Crippen LogP contribution in [0.3, 0.4) is 0 Å². The predicted molar refractivity (Wildman–Crippen MR) is 138 cm³/mol. The maximum Gasteiger partial charge on any atom is 0.130 e. The van der Waals surface area contributed by atoms with Crippen molar-refractivity contribution in [3.8, 4) is 5.75 Å². The van der Waals surface area contributed by atoms with Gasteiger partial charge in [-0.1, -0.05) is 68.4 Å². The highest BCUT2D eigenvalue weighted by molar-refractivity contribution is 5.37. The lowest BCUT2D eigenvalue weighted by Crippen LogP contribution is -2.46. The molecule has 1 aliphatic rings. The Morgan fingerprint density at radius 1 is 0.824 bits per heavy atom. The average Bonchev–Trinajstić information content (AvgIpc) is 2.83. The zero-order valence-electron chi connectivity index (χ0n) is 20.7. The second-order valence-electron chi connectivity index (χ2n) is 9.69. The van der Waals surface area contributed by atoms with E-state index in [0.29, 0.717) is 11.5 Å². The molecular weight excluding hydrogens is 423 g/mol. The summed E-state index contributed by atoms with van der Waals surface area (Å²) in [4.78, 5) is 4.99. The van der Waals surface area contributed by atoms with Gasteiger partial charge >= 0.3 is 0 Å². The Labute approximate surface area is 204 Å². The van der Waals surface area contributed by atoms with Gasteiger partial charge in [-0.15, -0.1) is 0 Å². The monoisotopic (exact) mass is 460 g/mol. The SMILES string of the molecule is Cc1cc(O[C@H](CCN2CCN(Cc3ccccc3)CC2)c2ccccc2F)ccc1C(C)C. The second kappa shape index (κ2) is 11.6. The Morgan fingerprint density at radius 2 is 1.50 bits per heavy atom. The molecule has 1 heterocycles. The van der Waals surface area contributed by atoms with Crippen molar-refractivity contribution in [3.63, 3.8) is 0 Å². The first kappa shape index (κ1) is 24.4. The van der Waals surface area contributed by atoms with Gasteiger partial charge in [0.25, 0.3) is 0 Å². The van der Waals surface area contributed by atoms with E-state index in [0.717, 1.165) is 51.4 Å². The summed E-state index contributed by atoms with van der Waals surface area (Å²) in [6, 6.07) is 23.9. The maximum absolute atomic E-state index is 14.7. The van der Waals surface area contributed by atoms with E-state index in [1.807, 2.05) is 18.2 Å². The molecule has 0 saturated carbocycles. The van der Waals surface area contributed by atoms with Crippen LogP contribution >= 0.6 is 0 Å². The molecular formula is C30H37FN2O. The number of nitrogens with zero attached hydrogens (tertiary/aromatic N) is 2. The van der Waals surface area contributed by atoms with Crippen molar-refractivity contribution in [2.75, 3.05) is 32.7 Å². The second-order valence-corrected chi connectivity index (χ2v) is 9.69. The highest BCUT2D eigenvalue weighted by Gasteiger charge is 2.22. The summed E-state index contributed by atoms with van der Waals surface area (Å²) in [7, 11) is 0. The lowest BCUT2D eigenvalue weighted by Gasteiger charge is -2.35. The van der Waals surface area contributed by atoms with E-state index in [4.69, 9.17) is 4.74 Å². The summed E-state index contributed by atoms with van der Waals surface area (Å²) in [5.74, 6) is 1.08. The van der Waals surface area contributed by atoms with Gasteiger partial charge in [-0.05, 0) is 47.7 Å². The third kappa shape index (κ3) is 6.46. The molecule has 0 amide bonds. The summed E-state index contributed by atoms with van der Waals surface area (Å²) >= 11 is 0. The van der Waals surface area contributed by atoms with Gasteiger partial charge in [0.15, 0.2) is 0 Å². The number of ether oxygens (including phenoxy) is 1. The van der Waals surface area contributed by atoms with Gasteiger partial charge in [0.05, 0.1) is 0 Å². The molecule has 0 bridgehead atoms. The first-order valence-corrected chi connectivity index (χ1v) is 12.5. The van der Waals surface area contributed by atoms with Gasteiger partial charge in [0, 0.05) is 51.3 Å². The summed E-state index contributed by atoms with van der Waals surface area (Å²) in [6.07, 6.45) is 0.442. The molecule has 1 aliphatic heterocycles. The van der Waals surface area contributed by atoms with Gasteiger partial charge in [0.2, 0.25) is 0 Å². The van der Waals surface area contributed by atoms with Crippen LogP contribution in [0.4, 0.5) is 4.39 Å². The van der Waals surface area contributed by atoms with Gasteiger partial charge in [-0.3, -0.25) is 4.90 Å². The fourth-order valence-electron chi connectivity index (χ4n) is 4.86. The Balaban J connectivity index is 1.38. The predicted octanol–water partition coefficient (Wildman–Crippen LogP) is 6.59. The van der Waals surface area contributed by atoms with E-state index in [1.165, 1.54) is 22.8 Å². The normalized spacial score (nSPS) is 16.0. The van der Waals surface area contributed by atoms with Gasteiger partial charge in [0.1, 0.15) is 17.7 Å². The van der Waals surface area contributed by atoms with Crippen LogP contribution in [-0.4, -0.2) is 42.5 Å². The number of aryl methyl sites for hydroxylation is 1. The average molecular weight is 461 g/mol. The molecule has 0 aliphatic carbocycles. The third-order valence-electron chi connectivity index (χ3n) is 6.82. The minimum absolute atomic E-state index is 0.198. The molecule has 0 radical (unpaired) electrons. The van der Waals surface area contributed by atoms with E-state index >= 15 is 0 Å². The van der Waals surface area contributed by atoms with Crippen molar-refractivity contribution in [1.29, 1.82) is 0 Å². The van der Waals surface area contributed by atoms with E-state index in [2.05, 4.69) is 73.0 Å². The Morgan fingerprint density at radius 3 is 2.18 bits per heavy atom.